The number of carbonyl (C=O) groups is 1. The number of anilines is 2. The summed E-state index contributed by atoms with van der Waals surface area (Å²) in [6.45, 7) is 0. The van der Waals surface area contributed by atoms with Crippen LogP contribution in [0.25, 0.3) is 0 Å². The second-order valence-corrected chi connectivity index (χ2v) is 7.36. The largest absolute Gasteiger partial charge is 0.322 e. The Morgan fingerprint density at radius 1 is 1.04 bits per heavy atom. The number of aromatic amines is 1. The number of halogens is 3. The number of sulfonamides is 1. The summed E-state index contributed by atoms with van der Waals surface area (Å²) in [6.07, 6.45) is 1.01. The maximum Gasteiger partial charge on any atom is 0.279 e. The van der Waals surface area contributed by atoms with Crippen molar-refractivity contribution in [3.05, 3.63) is 70.9 Å². The van der Waals surface area contributed by atoms with Gasteiger partial charge in [0.2, 0.25) is 0 Å². The van der Waals surface area contributed by atoms with Crippen LogP contribution in [0.15, 0.2) is 53.7 Å². The fraction of sp³-hybridized carbons (Fsp3) is 0. The molecule has 7 nitrogen and oxygen atoms in total. The first-order valence-corrected chi connectivity index (χ1v) is 9.20. The molecule has 1 aromatic heterocycles. The van der Waals surface area contributed by atoms with Crippen LogP contribution in [0.1, 0.15) is 10.4 Å². The van der Waals surface area contributed by atoms with Gasteiger partial charge in [-0.25, -0.2) is 8.78 Å². The van der Waals surface area contributed by atoms with Crippen LogP contribution in [-0.2, 0) is 10.0 Å². The predicted molar refractivity (Wildman–Crippen MR) is 95.2 cm³/mol. The Hall–Kier alpha value is -2.98. The molecular formula is C16H11ClF2N4O3S. The summed E-state index contributed by atoms with van der Waals surface area (Å²) < 4.78 is 53.5. The zero-order valence-corrected chi connectivity index (χ0v) is 14.9. The van der Waals surface area contributed by atoms with Crippen LogP contribution in [0.5, 0.6) is 0 Å². The van der Waals surface area contributed by atoms with Crippen LogP contribution in [0.3, 0.4) is 0 Å². The molecule has 11 heteroatoms. The summed E-state index contributed by atoms with van der Waals surface area (Å²) in [5.41, 5.74) is -0.128. The Labute approximate surface area is 157 Å². The molecule has 3 N–H and O–H groups in total. The molecule has 2 aromatic carbocycles. The van der Waals surface area contributed by atoms with Gasteiger partial charge < -0.3 is 5.32 Å². The van der Waals surface area contributed by atoms with Gasteiger partial charge in [-0.3, -0.25) is 14.6 Å². The first-order chi connectivity index (χ1) is 12.8. The minimum Gasteiger partial charge on any atom is -0.322 e. The van der Waals surface area contributed by atoms with Crippen molar-refractivity contribution in [2.45, 2.75) is 5.03 Å². The predicted octanol–water partition coefficient (Wildman–Crippen LogP) is 3.39. The van der Waals surface area contributed by atoms with Crippen LogP contribution in [-0.4, -0.2) is 24.5 Å². The minimum absolute atomic E-state index is 0.0471. The van der Waals surface area contributed by atoms with Crippen molar-refractivity contribution in [3.63, 3.8) is 0 Å². The van der Waals surface area contributed by atoms with Crippen LogP contribution < -0.4 is 10.0 Å². The second-order valence-electron chi connectivity index (χ2n) is 5.31. The number of nitrogens with one attached hydrogen (secondary N) is 3. The molecule has 140 valence electrons. The highest BCUT2D eigenvalue weighted by Gasteiger charge is 2.25. The normalized spacial score (nSPS) is 11.2. The van der Waals surface area contributed by atoms with E-state index in [1.54, 1.807) is 0 Å². The number of nitrogens with zero attached hydrogens (tertiary/aromatic N) is 1. The van der Waals surface area contributed by atoms with Crippen LogP contribution >= 0.6 is 11.6 Å². The van der Waals surface area contributed by atoms with Crippen molar-refractivity contribution < 1.29 is 22.0 Å². The van der Waals surface area contributed by atoms with Gasteiger partial charge in [-0.1, -0.05) is 11.6 Å². The van der Waals surface area contributed by atoms with Gasteiger partial charge in [0.1, 0.15) is 0 Å². The third kappa shape index (κ3) is 4.23. The van der Waals surface area contributed by atoms with E-state index in [4.69, 9.17) is 11.6 Å². The van der Waals surface area contributed by atoms with Gasteiger partial charge in [0.05, 0.1) is 11.8 Å². The molecule has 3 rings (SSSR count). The average molecular weight is 413 g/mol. The lowest BCUT2D eigenvalue weighted by Crippen LogP contribution is -2.19. The molecule has 0 aliphatic rings. The molecule has 0 fully saturated rings. The average Bonchev–Trinajstić information content (AvgIpc) is 3.11. The van der Waals surface area contributed by atoms with Gasteiger partial charge in [0, 0.05) is 22.5 Å². The van der Waals surface area contributed by atoms with Gasteiger partial charge in [-0.05, 0) is 36.4 Å². The van der Waals surface area contributed by atoms with Crippen molar-refractivity contribution in [1.29, 1.82) is 0 Å². The number of benzene rings is 2. The highest BCUT2D eigenvalue weighted by molar-refractivity contribution is 7.92. The van der Waals surface area contributed by atoms with Crippen molar-refractivity contribution in [2.75, 3.05) is 10.0 Å². The van der Waals surface area contributed by atoms with Crippen molar-refractivity contribution in [1.82, 2.24) is 10.2 Å². The molecule has 1 amide bonds. The Kier molecular flexibility index (Phi) is 5.10. The summed E-state index contributed by atoms with van der Waals surface area (Å²) in [6, 6.07) is 8.60. The zero-order valence-electron chi connectivity index (χ0n) is 13.3. The Bertz CT molecular complexity index is 1100. The molecule has 1 heterocycles. The number of amides is 1. The summed E-state index contributed by atoms with van der Waals surface area (Å²) >= 11 is 5.75. The van der Waals surface area contributed by atoms with Crippen molar-refractivity contribution in [3.8, 4) is 0 Å². The maximum absolute atomic E-state index is 13.3. The van der Waals surface area contributed by atoms with Crippen molar-refractivity contribution in [2.24, 2.45) is 0 Å². The van der Waals surface area contributed by atoms with Gasteiger partial charge in [-0.15, -0.1) is 0 Å². The van der Waals surface area contributed by atoms with E-state index in [-0.39, 0.29) is 16.9 Å². The highest BCUT2D eigenvalue weighted by Crippen LogP contribution is 2.21. The van der Waals surface area contributed by atoms with E-state index < -0.39 is 32.6 Å². The lowest BCUT2D eigenvalue weighted by Gasteiger charge is -2.09. The summed E-state index contributed by atoms with van der Waals surface area (Å²) in [7, 11) is -4.17. The first kappa shape index (κ1) is 18.8. The molecule has 0 bridgehead atoms. The molecule has 0 radical (unpaired) electrons. The Morgan fingerprint density at radius 2 is 1.70 bits per heavy atom. The number of aromatic nitrogens is 2. The Balaban J connectivity index is 1.84. The lowest BCUT2D eigenvalue weighted by molar-refractivity contribution is 0.102. The van der Waals surface area contributed by atoms with Gasteiger partial charge in [0.15, 0.2) is 16.7 Å². The molecule has 27 heavy (non-hydrogen) atoms. The maximum atomic E-state index is 13.3. The summed E-state index contributed by atoms with van der Waals surface area (Å²) in [5.74, 6) is -3.10. The number of hydrogen-bond donors (Lipinski definition) is 3. The van der Waals surface area contributed by atoms with Crippen molar-refractivity contribution >= 4 is 38.9 Å². The highest BCUT2D eigenvalue weighted by atomic mass is 35.5. The third-order valence-corrected chi connectivity index (χ3v) is 5.00. The fourth-order valence-electron chi connectivity index (χ4n) is 2.14. The first-order valence-electron chi connectivity index (χ1n) is 7.34. The third-order valence-electron chi connectivity index (χ3n) is 3.39. The Morgan fingerprint density at radius 3 is 2.37 bits per heavy atom. The molecular weight excluding hydrogens is 402 g/mol. The number of hydrogen-bond acceptors (Lipinski definition) is 4. The van der Waals surface area contributed by atoms with Crippen LogP contribution in [0.4, 0.5) is 20.2 Å². The topological polar surface area (TPSA) is 104 Å². The second kappa shape index (κ2) is 7.33. The molecule has 0 unspecified atom stereocenters. The minimum atomic E-state index is -4.17. The molecule has 0 saturated carbocycles. The van der Waals surface area contributed by atoms with Gasteiger partial charge in [-0.2, -0.15) is 13.5 Å². The molecule has 0 atom stereocenters. The van der Waals surface area contributed by atoms with Crippen LogP contribution in [0, 0.1) is 11.6 Å². The molecule has 0 aliphatic heterocycles. The monoisotopic (exact) mass is 412 g/mol. The fourth-order valence-corrected chi connectivity index (χ4v) is 3.42. The molecule has 0 aliphatic carbocycles. The van der Waals surface area contributed by atoms with Gasteiger partial charge in [0.25, 0.3) is 15.9 Å². The number of H-pyrrole nitrogens is 1. The SMILES string of the molecule is O=C(Nc1ccc(F)c(F)c1)c1cn[nH]c1S(=O)(=O)Nc1ccc(Cl)cc1. The van der Waals surface area contributed by atoms with E-state index in [2.05, 4.69) is 20.2 Å². The van der Waals surface area contributed by atoms with E-state index in [1.807, 2.05) is 0 Å². The van der Waals surface area contributed by atoms with E-state index in [9.17, 15) is 22.0 Å². The van der Waals surface area contributed by atoms with E-state index >= 15 is 0 Å². The number of carbonyl (C=O) groups excluding carboxylic acids is 1. The smallest absolute Gasteiger partial charge is 0.279 e. The van der Waals surface area contributed by atoms with Crippen LogP contribution in [0.2, 0.25) is 5.02 Å². The molecule has 3 aromatic rings. The summed E-state index contributed by atoms with van der Waals surface area (Å²) in [4.78, 5) is 12.3. The summed E-state index contributed by atoms with van der Waals surface area (Å²) in [5, 5.41) is 8.04. The number of rotatable bonds is 5. The molecule has 0 spiro atoms. The zero-order chi connectivity index (χ0) is 19.6. The van der Waals surface area contributed by atoms with E-state index in [0.29, 0.717) is 5.02 Å². The van der Waals surface area contributed by atoms with E-state index in [1.165, 1.54) is 24.3 Å². The van der Waals surface area contributed by atoms with Gasteiger partial charge >= 0.3 is 0 Å². The quantitative estimate of drug-likeness (QED) is 0.597. The standard InChI is InChI=1S/C16H11ClF2N4O3S/c17-9-1-3-10(4-2-9)23-27(25,26)16-12(8-20-22-16)15(24)21-11-5-6-13(18)14(19)7-11/h1-8,23H,(H,20,22)(H,21,24). The molecule has 0 saturated heterocycles. The lowest BCUT2D eigenvalue weighted by atomic mass is 10.2. The van der Waals surface area contributed by atoms with E-state index in [0.717, 1.165) is 24.4 Å².